The molecule has 0 unspecified atom stereocenters. The van der Waals surface area contributed by atoms with Crippen molar-refractivity contribution >= 4 is 28.8 Å². The number of benzene rings is 2. The average Bonchev–Trinajstić information content (AvgIpc) is 3.00. The monoisotopic (exact) mass is 596 g/mol. The second-order valence-electron chi connectivity index (χ2n) is 11.7. The summed E-state index contributed by atoms with van der Waals surface area (Å²) in [7, 11) is 0. The first-order valence-electron chi connectivity index (χ1n) is 14.8. The number of hydrogen-bond donors (Lipinski definition) is 5. The average molecular weight is 597 g/mol. The predicted molar refractivity (Wildman–Crippen MR) is 163 cm³/mol. The number of aliphatic hydroxyl groups excluding tert-OH is 3. The summed E-state index contributed by atoms with van der Waals surface area (Å²) in [4.78, 5) is 28.1. The number of fused-ring (bicyclic) bond motifs is 2. The molecular weight excluding hydrogens is 552 g/mol. The Morgan fingerprint density at radius 3 is 2.47 bits per heavy atom. The van der Waals surface area contributed by atoms with E-state index in [-0.39, 0.29) is 57.3 Å². The van der Waals surface area contributed by atoms with Gasteiger partial charge in [-0.05, 0) is 18.1 Å². The molecule has 1 fully saturated rings. The Labute approximate surface area is 252 Å². The van der Waals surface area contributed by atoms with E-state index in [2.05, 4.69) is 0 Å². The predicted octanol–water partition coefficient (Wildman–Crippen LogP) is 2.12. The number of rotatable bonds is 11. The van der Waals surface area contributed by atoms with E-state index in [1.54, 1.807) is 4.90 Å². The van der Waals surface area contributed by atoms with Crippen molar-refractivity contribution in [1.29, 1.82) is 0 Å². The van der Waals surface area contributed by atoms with Gasteiger partial charge in [0.15, 0.2) is 6.29 Å². The smallest absolute Gasteiger partial charge is 0.227 e. The minimum absolute atomic E-state index is 0.0242. The first-order chi connectivity index (χ1) is 20.5. The second kappa shape index (κ2) is 14.0. The van der Waals surface area contributed by atoms with Gasteiger partial charge in [0.25, 0.3) is 0 Å². The highest BCUT2D eigenvalue weighted by Gasteiger charge is 2.37. The molecule has 234 valence electrons. The first-order valence-corrected chi connectivity index (χ1v) is 14.8. The van der Waals surface area contributed by atoms with Crippen LogP contribution in [0.3, 0.4) is 0 Å². The maximum absolute atomic E-state index is 13.7. The van der Waals surface area contributed by atoms with Crippen molar-refractivity contribution in [3.8, 4) is 0 Å². The standard InChI is InChI=1S/C32H44N4O7/c1-4-32(2,3)26(39)13-14-27(40)35-18-20-9-5-6-10-22(20)29(28(33)23-11-7-8-12-24(23)35)36(34)15-16-42-31-30(41)25(38)17-21(19-37)43-31/h5-12,21,25,30-31,37-38,41H,4,13-19,33-34H2,1-3H3/b29-28-/t21-,25-,30+,31+/m0/s1. The number of ether oxygens (including phenoxy) is 2. The molecule has 0 saturated carbocycles. The van der Waals surface area contributed by atoms with Crippen molar-refractivity contribution in [2.75, 3.05) is 24.7 Å². The summed E-state index contributed by atoms with van der Waals surface area (Å²) >= 11 is 0. The molecule has 11 nitrogen and oxygen atoms in total. The van der Waals surface area contributed by atoms with Gasteiger partial charge in [-0.2, -0.15) is 0 Å². The Hall–Kier alpha value is -3.32. The summed E-state index contributed by atoms with van der Waals surface area (Å²) in [6.07, 6.45) is -3.08. The van der Waals surface area contributed by atoms with Crippen LogP contribution in [0.2, 0.25) is 0 Å². The Morgan fingerprint density at radius 1 is 1.09 bits per heavy atom. The van der Waals surface area contributed by atoms with E-state index in [4.69, 9.17) is 21.1 Å². The fourth-order valence-electron chi connectivity index (χ4n) is 5.33. The zero-order valence-electron chi connectivity index (χ0n) is 25.1. The molecular formula is C32H44N4O7. The van der Waals surface area contributed by atoms with E-state index in [9.17, 15) is 24.9 Å². The van der Waals surface area contributed by atoms with Gasteiger partial charge < -0.3 is 40.4 Å². The molecule has 1 saturated heterocycles. The Morgan fingerprint density at radius 2 is 1.77 bits per heavy atom. The normalized spacial score (nSPS) is 24.0. The number of nitrogens with two attached hydrogens (primary N) is 2. The Kier molecular flexibility index (Phi) is 10.6. The van der Waals surface area contributed by atoms with Crippen LogP contribution in [0, 0.1) is 5.41 Å². The number of para-hydroxylation sites is 1. The summed E-state index contributed by atoms with van der Waals surface area (Å²) in [5, 5.41) is 31.3. The van der Waals surface area contributed by atoms with Gasteiger partial charge in [-0.25, -0.2) is 5.84 Å². The molecule has 1 amide bonds. The van der Waals surface area contributed by atoms with Crippen LogP contribution < -0.4 is 16.5 Å². The maximum atomic E-state index is 13.7. The Bertz CT molecular complexity index is 1330. The van der Waals surface area contributed by atoms with E-state index in [0.717, 1.165) is 11.1 Å². The minimum Gasteiger partial charge on any atom is -0.396 e. The van der Waals surface area contributed by atoms with Gasteiger partial charge in [0.05, 0.1) is 55.6 Å². The van der Waals surface area contributed by atoms with Crippen LogP contribution in [0.4, 0.5) is 5.69 Å². The summed E-state index contributed by atoms with van der Waals surface area (Å²) in [5.41, 5.74) is 10.0. The molecule has 0 radical (unpaired) electrons. The molecule has 4 rings (SSSR count). The van der Waals surface area contributed by atoms with Gasteiger partial charge in [0, 0.05) is 35.8 Å². The number of nitrogens with zero attached hydrogens (tertiary/aromatic N) is 2. The third-order valence-corrected chi connectivity index (χ3v) is 8.46. The zero-order valence-corrected chi connectivity index (χ0v) is 25.1. The van der Waals surface area contributed by atoms with E-state index >= 15 is 0 Å². The molecule has 2 heterocycles. The van der Waals surface area contributed by atoms with E-state index in [0.29, 0.717) is 29.1 Å². The van der Waals surface area contributed by atoms with Crippen LogP contribution in [-0.2, 0) is 25.6 Å². The molecule has 0 aliphatic carbocycles. The van der Waals surface area contributed by atoms with Gasteiger partial charge >= 0.3 is 0 Å². The van der Waals surface area contributed by atoms with Gasteiger partial charge in [0.1, 0.15) is 11.9 Å². The lowest BCUT2D eigenvalue weighted by Gasteiger charge is -2.36. The van der Waals surface area contributed by atoms with Gasteiger partial charge in [-0.1, -0.05) is 63.2 Å². The van der Waals surface area contributed by atoms with Crippen LogP contribution in [0.5, 0.6) is 0 Å². The first kappa shape index (κ1) is 32.6. The second-order valence-corrected chi connectivity index (χ2v) is 11.7. The lowest BCUT2D eigenvalue weighted by Crippen LogP contribution is -2.51. The SMILES string of the molecule is CCC(C)(C)C(=O)CCC(=O)N1Cc2ccccc2/C(N(N)CCO[C@@H]2O[C@H](CO)C[C@H](O)[C@H]2O)=C(/N)c2ccccc21. The van der Waals surface area contributed by atoms with Crippen LogP contribution in [0.15, 0.2) is 48.5 Å². The molecule has 43 heavy (non-hydrogen) atoms. The van der Waals surface area contributed by atoms with Crippen LogP contribution in [0.1, 0.15) is 63.1 Å². The van der Waals surface area contributed by atoms with Crippen LogP contribution in [0.25, 0.3) is 11.4 Å². The van der Waals surface area contributed by atoms with Gasteiger partial charge in [-0.3, -0.25) is 9.59 Å². The Balaban J connectivity index is 1.60. The van der Waals surface area contributed by atoms with Crippen molar-refractivity contribution in [2.24, 2.45) is 17.0 Å². The summed E-state index contributed by atoms with van der Waals surface area (Å²) < 4.78 is 11.3. The topological polar surface area (TPSA) is 172 Å². The molecule has 2 aromatic carbocycles. The van der Waals surface area contributed by atoms with Crippen LogP contribution >= 0.6 is 0 Å². The van der Waals surface area contributed by atoms with Crippen molar-refractivity contribution in [1.82, 2.24) is 5.01 Å². The molecule has 2 aromatic rings. The van der Waals surface area contributed by atoms with Gasteiger partial charge in [0.2, 0.25) is 5.91 Å². The minimum atomic E-state index is -1.26. The highest BCUT2D eigenvalue weighted by Crippen LogP contribution is 2.37. The number of carbonyl (C=O) groups excluding carboxylic acids is 2. The molecule has 0 aromatic heterocycles. The quantitative estimate of drug-likeness (QED) is 0.191. The molecule has 2 aliphatic heterocycles. The van der Waals surface area contributed by atoms with Crippen LogP contribution in [-0.4, -0.2) is 76.4 Å². The number of amides is 1. The van der Waals surface area contributed by atoms with E-state index in [1.165, 1.54) is 5.01 Å². The third-order valence-electron chi connectivity index (χ3n) is 8.46. The number of aliphatic hydroxyl groups is 3. The third kappa shape index (κ3) is 7.26. The van der Waals surface area contributed by atoms with Gasteiger partial charge in [-0.15, -0.1) is 0 Å². The molecule has 4 atom stereocenters. The fourth-order valence-corrected chi connectivity index (χ4v) is 5.33. The lowest BCUT2D eigenvalue weighted by atomic mass is 9.83. The van der Waals surface area contributed by atoms with Crippen molar-refractivity contribution in [2.45, 2.75) is 77.6 Å². The number of anilines is 1. The van der Waals surface area contributed by atoms with Crippen molar-refractivity contribution < 1.29 is 34.4 Å². The molecule has 0 bridgehead atoms. The number of carbonyl (C=O) groups is 2. The molecule has 0 spiro atoms. The number of ketones is 1. The highest BCUT2D eigenvalue weighted by atomic mass is 16.7. The molecule has 11 heteroatoms. The summed E-state index contributed by atoms with van der Waals surface area (Å²) in [6, 6.07) is 14.9. The lowest BCUT2D eigenvalue weighted by molar-refractivity contribution is -0.271. The number of hydrogen-bond acceptors (Lipinski definition) is 10. The van der Waals surface area contributed by atoms with Crippen molar-refractivity contribution in [3.05, 3.63) is 65.2 Å². The van der Waals surface area contributed by atoms with Crippen molar-refractivity contribution in [3.63, 3.8) is 0 Å². The highest BCUT2D eigenvalue weighted by molar-refractivity contribution is 6.02. The largest absolute Gasteiger partial charge is 0.396 e. The van der Waals surface area contributed by atoms with E-state index in [1.807, 2.05) is 69.3 Å². The zero-order chi connectivity index (χ0) is 31.3. The summed E-state index contributed by atoms with van der Waals surface area (Å²) in [5.74, 6) is 6.48. The maximum Gasteiger partial charge on any atom is 0.227 e. The van der Waals surface area contributed by atoms with E-state index < -0.39 is 30.0 Å². The fraction of sp³-hybridized carbons (Fsp3) is 0.500. The number of hydrazine groups is 1. The summed E-state index contributed by atoms with van der Waals surface area (Å²) in [6.45, 7) is 5.89. The molecule has 2 aliphatic rings. The molecule has 7 N–H and O–H groups in total. The number of Topliss-reactive ketones (excluding diaryl/α,β-unsaturated/α-hetero) is 1.